The third kappa shape index (κ3) is 4.12. The topological polar surface area (TPSA) is 54.5 Å². The maximum atomic E-state index is 14.6. The molecule has 4 rings (SSSR count). The molecule has 1 aliphatic rings. The van der Waals surface area contributed by atoms with E-state index in [1.807, 2.05) is 19.1 Å². The number of morpholine rings is 1. The Morgan fingerprint density at radius 1 is 1.25 bits per heavy atom. The van der Waals surface area contributed by atoms with E-state index >= 15 is 0 Å². The molecule has 3 aromatic rings. The Labute approximate surface area is 182 Å². The predicted octanol–water partition coefficient (Wildman–Crippen LogP) is 5.23. The van der Waals surface area contributed by atoms with Crippen LogP contribution in [0.2, 0.25) is 0 Å². The van der Waals surface area contributed by atoms with Crippen LogP contribution in [0, 0.1) is 5.82 Å². The van der Waals surface area contributed by atoms with E-state index in [1.54, 1.807) is 17.2 Å². The Hall–Kier alpha value is -3.20. The minimum absolute atomic E-state index is 0.236. The molecule has 1 fully saturated rings. The molecule has 1 saturated heterocycles. The van der Waals surface area contributed by atoms with Gasteiger partial charge in [0.25, 0.3) is 0 Å². The van der Waals surface area contributed by atoms with Crippen molar-refractivity contribution < 1.29 is 27.1 Å². The van der Waals surface area contributed by atoms with Crippen LogP contribution in [0.4, 0.5) is 29.1 Å². The van der Waals surface area contributed by atoms with Gasteiger partial charge in [-0.1, -0.05) is 31.2 Å². The standard InChI is InChI=1S/C23H21F4N3O2/c1-2-14-5-3-6-15-20(14)16(19-12-30(13-31)9-10-32-19)11-28-22(15)29-18-8-4-7-17(21(18)24)23(25,26)27/h3-8,11,13,19H,2,9-10,12H2,1H3,(H,28,29). The number of nitrogens with zero attached hydrogens (tertiary/aromatic N) is 2. The fourth-order valence-corrected chi connectivity index (χ4v) is 3.97. The Morgan fingerprint density at radius 2 is 2.03 bits per heavy atom. The second-order valence-corrected chi connectivity index (χ2v) is 7.51. The lowest BCUT2D eigenvalue weighted by Crippen LogP contribution is -2.37. The largest absolute Gasteiger partial charge is 0.419 e. The lowest BCUT2D eigenvalue weighted by molar-refractivity contribution is -0.139. The molecule has 32 heavy (non-hydrogen) atoms. The Morgan fingerprint density at radius 3 is 2.75 bits per heavy atom. The van der Waals surface area contributed by atoms with Gasteiger partial charge in [-0.2, -0.15) is 13.2 Å². The van der Waals surface area contributed by atoms with Crippen LogP contribution in [0.1, 0.15) is 29.7 Å². The van der Waals surface area contributed by atoms with Gasteiger partial charge in [-0.05, 0) is 29.5 Å². The number of alkyl halides is 3. The fourth-order valence-electron chi connectivity index (χ4n) is 3.97. The molecule has 1 atom stereocenters. The highest BCUT2D eigenvalue weighted by Gasteiger charge is 2.35. The van der Waals surface area contributed by atoms with Crippen LogP contribution in [0.3, 0.4) is 0 Å². The number of halogens is 4. The molecule has 5 nitrogen and oxygen atoms in total. The summed E-state index contributed by atoms with van der Waals surface area (Å²) in [5.41, 5.74) is 0.102. The molecule has 1 aromatic heterocycles. The van der Waals surface area contributed by atoms with Crippen LogP contribution in [0.5, 0.6) is 0 Å². The Kier molecular flexibility index (Phi) is 6.01. The zero-order chi connectivity index (χ0) is 22.9. The van der Waals surface area contributed by atoms with Crippen molar-refractivity contribution in [2.45, 2.75) is 25.6 Å². The molecule has 0 radical (unpaired) electrons. The summed E-state index contributed by atoms with van der Waals surface area (Å²) in [6, 6.07) is 8.62. The lowest BCUT2D eigenvalue weighted by atomic mass is 9.95. The Bertz CT molecular complexity index is 1150. The van der Waals surface area contributed by atoms with E-state index in [2.05, 4.69) is 10.3 Å². The lowest BCUT2D eigenvalue weighted by Gasteiger charge is -2.31. The van der Waals surface area contributed by atoms with Crippen molar-refractivity contribution in [1.82, 2.24) is 9.88 Å². The fraction of sp³-hybridized carbons (Fsp3) is 0.304. The highest BCUT2D eigenvalue weighted by atomic mass is 19.4. The molecule has 9 heteroatoms. The number of ether oxygens (including phenoxy) is 1. The van der Waals surface area contributed by atoms with E-state index in [1.165, 1.54) is 6.07 Å². The molecule has 0 saturated carbocycles. The molecule has 1 amide bonds. The van der Waals surface area contributed by atoms with Crippen molar-refractivity contribution in [3.8, 4) is 0 Å². The number of amides is 1. The molecule has 168 valence electrons. The summed E-state index contributed by atoms with van der Waals surface area (Å²) in [5.74, 6) is -1.15. The Balaban J connectivity index is 1.81. The quantitative estimate of drug-likeness (QED) is 0.430. The van der Waals surface area contributed by atoms with Gasteiger partial charge in [-0.3, -0.25) is 4.79 Å². The highest BCUT2D eigenvalue weighted by Crippen LogP contribution is 2.38. The van der Waals surface area contributed by atoms with Crippen molar-refractivity contribution in [1.29, 1.82) is 0 Å². The number of benzene rings is 2. The molecular weight excluding hydrogens is 426 g/mol. The minimum Gasteiger partial charge on any atom is -0.370 e. The van der Waals surface area contributed by atoms with Gasteiger partial charge in [-0.25, -0.2) is 9.37 Å². The summed E-state index contributed by atoms with van der Waals surface area (Å²) >= 11 is 0. The van der Waals surface area contributed by atoms with E-state index in [4.69, 9.17) is 4.74 Å². The monoisotopic (exact) mass is 447 g/mol. The zero-order valence-electron chi connectivity index (χ0n) is 17.2. The predicted molar refractivity (Wildman–Crippen MR) is 112 cm³/mol. The number of carbonyl (C=O) groups is 1. The smallest absolute Gasteiger partial charge is 0.370 e. The summed E-state index contributed by atoms with van der Waals surface area (Å²) in [7, 11) is 0. The van der Waals surface area contributed by atoms with Gasteiger partial charge >= 0.3 is 6.18 Å². The minimum atomic E-state index is -4.81. The molecule has 1 N–H and O–H groups in total. The second-order valence-electron chi connectivity index (χ2n) is 7.51. The van der Waals surface area contributed by atoms with Crippen LogP contribution < -0.4 is 5.32 Å². The van der Waals surface area contributed by atoms with Crippen LogP contribution in [-0.2, 0) is 22.1 Å². The first kappa shape index (κ1) is 22.0. The number of pyridine rings is 1. The van der Waals surface area contributed by atoms with Crippen LogP contribution in [-0.4, -0.2) is 36.0 Å². The SMILES string of the molecule is CCc1cccc2c(Nc3cccc(C(F)(F)F)c3F)ncc(C3CN(C=O)CCO3)c12. The second kappa shape index (κ2) is 8.74. The molecule has 1 unspecified atom stereocenters. The van der Waals surface area contributed by atoms with Crippen LogP contribution >= 0.6 is 0 Å². The summed E-state index contributed by atoms with van der Waals surface area (Å²) in [5, 5.41) is 4.20. The van der Waals surface area contributed by atoms with Gasteiger partial charge in [0.05, 0.1) is 24.4 Å². The van der Waals surface area contributed by atoms with Crippen LogP contribution in [0.15, 0.2) is 42.6 Å². The number of rotatable bonds is 5. The first-order valence-corrected chi connectivity index (χ1v) is 10.2. The third-order valence-corrected chi connectivity index (χ3v) is 5.56. The number of fused-ring (bicyclic) bond motifs is 1. The first-order chi connectivity index (χ1) is 15.3. The zero-order valence-corrected chi connectivity index (χ0v) is 17.2. The van der Waals surface area contributed by atoms with Gasteiger partial charge in [-0.15, -0.1) is 0 Å². The first-order valence-electron chi connectivity index (χ1n) is 10.2. The molecule has 2 heterocycles. The van der Waals surface area contributed by atoms with Crippen LogP contribution in [0.25, 0.3) is 10.8 Å². The van der Waals surface area contributed by atoms with Crippen molar-refractivity contribution in [2.75, 3.05) is 25.0 Å². The van der Waals surface area contributed by atoms with E-state index in [-0.39, 0.29) is 11.5 Å². The molecule has 1 aliphatic heterocycles. The molecule has 0 aliphatic carbocycles. The average Bonchev–Trinajstić information content (AvgIpc) is 2.79. The number of hydrogen-bond acceptors (Lipinski definition) is 4. The van der Waals surface area contributed by atoms with E-state index in [0.717, 1.165) is 29.0 Å². The summed E-state index contributed by atoms with van der Waals surface area (Å²) in [6.07, 6.45) is -2.15. The van der Waals surface area contributed by atoms with Crippen molar-refractivity contribution in [3.05, 3.63) is 65.1 Å². The van der Waals surface area contributed by atoms with Crippen molar-refractivity contribution in [3.63, 3.8) is 0 Å². The summed E-state index contributed by atoms with van der Waals surface area (Å²) in [6.45, 7) is 3.24. The van der Waals surface area contributed by atoms with E-state index in [0.29, 0.717) is 37.6 Å². The van der Waals surface area contributed by atoms with E-state index < -0.39 is 23.7 Å². The highest BCUT2D eigenvalue weighted by molar-refractivity contribution is 5.97. The summed E-state index contributed by atoms with van der Waals surface area (Å²) < 4.78 is 59.8. The number of hydrogen-bond donors (Lipinski definition) is 1. The van der Waals surface area contributed by atoms with Crippen molar-refractivity contribution >= 4 is 28.7 Å². The van der Waals surface area contributed by atoms with Gasteiger partial charge in [0.15, 0.2) is 5.82 Å². The number of carbonyl (C=O) groups excluding carboxylic acids is 1. The van der Waals surface area contributed by atoms with Gasteiger partial charge < -0.3 is 15.0 Å². The molecular formula is C23H21F4N3O2. The van der Waals surface area contributed by atoms with Crippen molar-refractivity contribution in [2.24, 2.45) is 0 Å². The van der Waals surface area contributed by atoms with Gasteiger partial charge in [0.2, 0.25) is 6.41 Å². The number of anilines is 2. The normalized spacial score (nSPS) is 16.9. The number of aromatic nitrogens is 1. The average molecular weight is 447 g/mol. The number of nitrogens with one attached hydrogen (secondary N) is 1. The molecule has 0 spiro atoms. The molecule has 2 aromatic carbocycles. The third-order valence-electron chi connectivity index (χ3n) is 5.56. The number of aryl methyl sites for hydroxylation is 1. The van der Waals surface area contributed by atoms with E-state index in [9.17, 15) is 22.4 Å². The summed E-state index contributed by atoms with van der Waals surface area (Å²) in [4.78, 5) is 17.3. The van der Waals surface area contributed by atoms with Gasteiger partial charge in [0, 0.05) is 23.7 Å². The maximum absolute atomic E-state index is 14.6. The van der Waals surface area contributed by atoms with Gasteiger partial charge in [0.1, 0.15) is 11.9 Å². The maximum Gasteiger partial charge on any atom is 0.419 e. The molecule has 0 bridgehead atoms.